The van der Waals surface area contributed by atoms with Gasteiger partial charge < -0.3 is 9.94 Å². The average molecular weight is 299 g/mol. The molecule has 4 nitrogen and oxygen atoms in total. The van der Waals surface area contributed by atoms with Gasteiger partial charge in [0.25, 0.3) is 0 Å². The maximum Gasteiger partial charge on any atom is 0.355 e. The van der Waals surface area contributed by atoms with E-state index in [1.807, 2.05) is 0 Å². The van der Waals surface area contributed by atoms with Gasteiger partial charge in [-0.1, -0.05) is 82.7 Å². The molecule has 0 amide bonds. The summed E-state index contributed by atoms with van der Waals surface area (Å²) in [5.41, 5.74) is 0.129. The molecule has 0 atom stereocenters. The van der Waals surface area contributed by atoms with Gasteiger partial charge in [-0.25, -0.2) is 4.79 Å². The van der Waals surface area contributed by atoms with Crippen molar-refractivity contribution in [2.24, 2.45) is 5.16 Å². The average Bonchev–Trinajstić information content (AvgIpc) is 2.51. The molecule has 0 rings (SSSR count). The summed E-state index contributed by atoms with van der Waals surface area (Å²) in [6, 6.07) is 0. The van der Waals surface area contributed by atoms with E-state index in [0.29, 0.717) is 6.42 Å². The molecule has 0 radical (unpaired) electrons. The van der Waals surface area contributed by atoms with E-state index in [4.69, 9.17) is 5.21 Å². The summed E-state index contributed by atoms with van der Waals surface area (Å²) in [5, 5.41) is 11.7. The molecule has 0 aromatic carbocycles. The summed E-state index contributed by atoms with van der Waals surface area (Å²) >= 11 is 0. The number of esters is 1. The van der Waals surface area contributed by atoms with Crippen molar-refractivity contribution in [1.82, 2.24) is 0 Å². The predicted octanol–water partition coefficient (Wildman–Crippen LogP) is 5.08. The summed E-state index contributed by atoms with van der Waals surface area (Å²) in [6.45, 7) is 2.25. The van der Waals surface area contributed by atoms with Crippen molar-refractivity contribution in [2.75, 3.05) is 7.11 Å². The van der Waals surface area contributed by atoms with Crippen molar-refractivity contribution in [3.05, 3.63) is 0 Å². The van der Waals surface area contributed by atoms with Gasteiger partial charge in [0.05, 0.1) is 7.11 Å². The topological polar surface area (TPSA) is 58.9 Å². The van der Waals surface area contributed by atoms with Gasteiger partial charge in [0.2, 0.25) is 0 Å². The maximum absolute atomic E-state index is 11.2. The van der Waals surface area contributed by atoms with E-state index in [-0.39, 0.29) is 5.71 Å². The minimum atomic E-state index is -0.527. The monoisotopic (exact) mass is 299 g/mol. The molecule has 0 aliphatic rings. The fourth-order valence-electron chi connectivity index (χ4n) is 2.44. The van der Waals surface area contributed by atoms with Crippen molar-refractivity contribution in [3.8, 4) is 0 Å². The highest BCUT2D eigenvalue weighted by molar-refractivity contribution is 6.36. The molecule has 0 saturated heterocycles. The summed E-state index contributed by atoms with van der Waals surface area (Å²) in [6.07, 6.45) is 15.8. The second kappa shape index (κ2) is 15.3. The molecule has 0 aliphatic heterocycles. The minimum Gasteiger partial charge on any atom is -0.464 e. The number of hydrogen-bond acceptors (Lipinski definition) is 4. The third-order valence-corrected chi connectivity index (χ3v) is 3.81. The van der Waals surface area contributed by atoms with E-state index in [1.54, 1.807) is 0 Å². The van der Waals surface area contributed by atoms with E-state index < -0.39 is 5.97 Å². The molecule has 1 N–H and O–H groups in total. The standard InChI is InChI=1S/C17H33NO3/c1-3-4-5-6-7-8-9-10-11-12-13-14-15-16(18-20)17(19)21-2/h20H,3-15H2,1-2H3. The SMILES string of the molecule is CCCCCCCCCCCCCCC(=NO)C(=O)OC. The lowest BCUT2D eigenvalue weighted by atomic mass is 10.0. The van der Waals surface area contributed by atoms with E-state index in [0.717, 1.165) is 12.8 Å². The molecule has 0 aliphatic carbocycles. The zero-order valence-corrected chi connectivity index (χ0v) is 13.9. The molecule has 0 fully saturated rings. The van der Waals surface area contributed by atoms with Gasteiger partial charge >= 0.3 is 5.97 Å². The fraction of sp³-hybridized carbons (Fsp3) is 0.882. The highest BCUT2D eigenvalue weighted by Crippen LogP contribution is 2.12. The first-order chi connectivity index (χ1) is 10.3. The first-order valence-electron chi connectivity index (χ1n) is 8.55. The number of oxime groups is 1. The lowest BCUT2D eigenvalue weighted by Gasteiger charge is -2.03. The molecular weight excluding hydrogens is 266 g/mol. The molecule has 0 bridgehead atoms. The third kappa shape index (κ3) is 12.4. The molecule has 0 heterocycles. The molecule has 4 heteroatoms. The van der Waals surface area contributed by atoms with Crippen LogP contribution in [0.5, 0.6) is 0 Å². The van der Waals surface area contributed by atoms with Crippen molar-refractivity contribution in [1.29, 1.82) is 0 Å². The Bertz CT molecular complexity index is 277. The van der Waals surface area contributed by atoms with Crippen LogP contribution >= 0.6 is 0 Å². The Morgan fingerprint density at radius 2 is 1.29 bits per heavy atom. The van der Waals surface area contributed by atoms with Crippen LogP contribution in [0.15, 0.2) is 5.16 Å². The second-order valence-electron chi connectivity index (χ2n) is 5.68. The summed E-state index contributed by atoms with van der Waals surface area (Å²) in [7, 11) is 1.30. The smallest absolute Gasteiger partial charge is 0.355 e. The van der Waals surface area contributed by atoms with Gasteiger partial charge in [0.1, 0.15) is 0 Å². The summed E-state index contributed by atoms with van der Waals surface area (Å²) in [5.74, 6) is -0.527. The van der Waals surface area contributed by atoms with Crippen LogP contribution in [0.25, 0.3) is 0 Å². The van der Waals surface area contributed by atoms with Crippen molar-refractivity contribution in [2.45, 2.75) is 90.4 Å². The summed E-state index contributed by atoms with van der Waals surface area (Å²) < 4.78 is 4.53. The van der Waals surface area contributed by atoms with Gasteiger partial charge in [-0.05, 0) is 6.42 Å². The lowest BCUT2D eigenvalue weighted by Crippen LogP contribution is -2.15. The first-order valence-corrected chi connectivity index (χ1v) is 8.55. The Hall–Kier alpha value is -1.06. The number of carbonyl (C=O) groups is 1. The Kier molecular flexibility index (Phi) is 14.6. The van der Waals surface area contributed by atoms with Gasteiger partial charge in [0.15, 0.2) is 5.71 Å². The third-order valence-electron chi connectivity index (χ3n) is 3.81. The minimum absolute atomic E-state index is 0.129. The molecule has 124 valence electrons. The Balaban J connectivity index is 3.27. The number of ether oxygens (including phenoxy) is 1. The quantitative estimate of drug-likeness (QED) is 0.160. The zero-order valence-electron chi connectivity index (χ0n) is 13.9. The van der Waals surface area contributed by atoms with Crippen LogP contribution in [-0.2, 0) is 9.53 Å². The highest BCUT2D eigenvalue weighted by Gasteiger charge is 2.11. The molecule has 0 saturated carbocycles. The zero-order chi connectivity index (χ0) is 15.8. The van der Waals surface area contributed by atoms with Gasteiger partial charge in [-0.3, -0.25) is 0 Å². The Morgan fingerprint density at radius 1 is 0.857 bits per heavy atom. The number of methoxy groups -OCH3 is 1. The van der Waals surface area contributed by atoms with E-state index in [9.17, 15) is 4.79 Å². The van der Waals surface area contributed by atoms with Gasteiger partial charge in [0, 0.05) is 6.42 Å². The highest BCUT2D eigenvalue weighted by atomic mass is 16.5. The number of carbonyl (C=O) groups excluding carboxylic acids is 1. The van der Waals surface area contributed by atoms with Crippen LogP contribution in [0.2, 0.25) is 0 Å². The van der Waals surface area contributed by atoms with E-state index in [1.165, 1.54) is 71.3 Å². The lowest BCUT2D eigenvalue weighted by molar-refractivity contribution is -0.133. The molecule has 21 heavy (non-hydrogen) atoms. The van der Waals surface area contributed by atoms with Crippen molar-refractivity contribution < 1.29 is 14.7 Å². The fourth-order valence-corrected chi connectivity index (χ4v) is 2.44. The molecule has 0 aromatic heterocycles. The maximum atomic E-state index is 11.2. The van der Waals surface area contributed by atoms with Crippen LogP contribution in [0.1, 0.15) is 90.4 Å². The number of nitrogens with zero attached hydrogens (tertiary/aromatic N) is 1. The largest absolute Gasteiger partial charge is 0.464 e. The molecular formula is C17H33NO3. The predicted molar refractivity (Wildman–Crippen MR) is 86.9 cm³/mol. The molecule has 0 unspecified atom stereocenters. The number of unbranched alkanes of at least 4 members (excludes halogenated alkanes) is 11. The van der Waals surface area contributed by atoms with Crippen LogP contribution in [0.3, 0.4) is 0 Å². The van der Waals surface area contributed by atoms with Crippen LogP contribution in [0.4, 0.5) is 0 Å². The summed E-state index contributed by atoms with van der Waals surface area (Å²) in [4.78, 5) is 11.2. The van der Waals surface area contributed by atoms with Crippen molar-refractivity contribution in [3.63, 3.8) is 0 Å². The van der Waals surface area contributed by atoms with Crippen LogP contribution < -0.4 is 0 Å². The second-order valence-corrected chi connectivity index (χ2v) is 5.68. The first kappa shape index (κ1) is 19.9. The van der Waals surface area contributed by atoms with Gasteiger partial charge in [-0.2, -0.15) is 0 Å². The molecule has 0 spiro atoms. The normalized spacial score (nSPS) is 11.6. The Morgan fingerprint density at radius 3 is 1.67 bits per heavy atom. The van der Waals surface area contributed by atoms with E-state index >= 15 is 0 Å². The Labute approximate surface area is 129 Å². The van der Waals surface area contributed by atoms with Crippen LogP contribution in [0, 0.1) is 0 Å². The molecule has 0 aromatic rings. The van der Waals surface area contributed by atoms with E-state index in [2.05, 4.69) is 16.8 Å². The number of rotatable bonds is 14. The van der Waals surface area contributed by atoms with Crippen molar-refractivity contribution >= 4 is 11.7 Å². The number of hydrogen-bond donors (Lipinski definition) is 1. The van der Waals surface area contributed by atoms with Crippen LogP contribution in [-0.4, -0.2) is 24.0 Å². The van der Waals surface area contributed by atoms with Gasteiger partial charge in [-0.15, -0.1) is 0 Å².